The Morgan fingerprint density at radius 3 is 2.35 bits per heavy atom. The van der Waals surface area contributed by atoms with E-state index in [4.69, 9.17) is 5.11 Å². The number of carboxylic acids is 1. The summed E-state index contributed by atoms with van der Waals surface area (Å²) in [6.07, 6.45) is -4.23. The summed E-state index contributed by atoms with van der Waals surface area (Å²) < 4.78 is 40.7. The summed E-state index contributed by atoms with van der Waals surface area (Å²) in [5.74, 6) is -2.50. The fourth-order valence-electron chi connectivity index (χ4n) is 2.56. The van der Waals surface area contributed by atoms with Crippen LogP contribution in [-0.2, 0) is 16.0 Å². The third-order valence-corrected chi connectivity index (χ3v) is 5.59. The number of rotatable bonds is 9. The van der Waals surface area contributed by atoms with Crippen molar-refractivity contribution in [3.05, 3.63) is 46.3 Å². The van der Waals surface area contributed by atoms with Crippen LogP contribution < -0.4 is 10.1 Å². The monoisotopic (exact) mass is 458 g/mol. The molecule has 7 nitrogen and oxygen atoms in total. The maximum atomic E-state index is 12.9. The third kappa shape index (κ3) is 6.79. The lowest BCUT2D eigenvalue weighted by Crippen LogP contribution is -2.40. The second kappa shape index (κ2) is 9.92. The van der Waals surface area contributed by atoms with E-state index in [1.54, 1.807) is 6.07 Å². The molecule has 0 bridgehead atoms. The Hall–Kier alpha value is -2.92. The van der Waals surface area contributed by atoms with Crippen LogP contribution in [0.1, 0.15) is 34.6 Å². The number of aliphatic carboxylic acids is 1. The highest BCUT2D eigenvalue weighted by molar-refractivity contribution is 7.16. The summed E-state index contributed by atoms with van der Waals surface area (Å²) in [5, 5.41) is 12.0. The summed E-state index contributed by atoms with van der Waals surface area (Å²) in [6.45, 7) is 3.11. The standard InChI is InChI=1S/C20H21F3N2O5S/c1-4-14-9-15(17(27)12-5-7-13(8-6-12)30-20(21,22)23)18(31-14)24-16(26)10-25(3)11(2)19(28)29/h5-9,11H,4,10H2,1-3H3,(H,24,26)(H,28,29). The molecule has 11 heteroatoms. The minimum Gasteiger partial charge on any atom is -0.480 e. The molecule has 1 atom stereocenters. The van der Waals surface area contributed by atoms with E-state index in [0.29, 0.717) is 11.4 Å². The van der Waals surface area contributed by atoms with Crippen molar-refractivity contribution in [1.82, 2.24) is 4.90 Å². The number of halogens is 3. The van der Waals surface area contributed by atoms with Crippen molar-refractivity contribution < 1.29 is 37.4 Å². The van der Waals surface area contributed by atoms with Gasteiger partial charge in [0.05, 0.1) is 12.1 Å². The van der Waals surface area contributed by atoms with Gasteiger partial charge >= 0.3 is 12.3 Å². The van der Waals surface area contributed by atoms with Gasteiger partial charge in [0.1, 0.15) is 16.8 Å². The van der Waals surface area contributed by atoms with Crippen LogP contribution in [0.3, 0.4) is 0 Å². The number of likely N-dealkylation sites (N-methyl/N-ethyl adjacent to an activating group) is 1. The topological polar surface area (TPSA) is 95.9 Å². The van der Waals surface area contributed by atoms with E-state index in [0.717, 1.165) is 17.0 Å². The normalized spacial score (nSPS) is 12.5. The summed E-state index contributed by atoms with van der Waals surface area (Å²) in [4.78, 5) is 38.5. The minimum absolute atomic E-state index is 0.127. The van der Waals surface area contributed by atoms with Crippen molar-refractivity contribution in [3.63, 3.8) is 0 Å². The minimum atomic E-state index is -4.84. The van der Waals surface area contributed by atoms with E-state index in [9.17, 15) is 27.6 Å². The van der Waals surface area contributed by atoms with Crippen LogP contribution in [0.25, 0.3) is 0 Å². The van der Waals surface area contributed by atoms with Gasteiger partial charge in [0.15, 0.2) is 5.78 Å². The summed E-state index contributed by atoms with van der Waals surface area (Å²) >= 11 is 1.20. The quantitative estimate of drug-likeness (QED) is 0.556. The SMILES string of the molecule is CCc1cc(C(=O)c2ccc(OC(F)(F)F)cc2)c(NC(=O)CN(C)C(C)C(=O)O)s1. The number of nitrogens with one attached hydrogen (secondary N) is 1. The van der Waals surface area contributed by atoms with Gasteiger partial charge in [-0.2, -0.15) is 0 Å². The van der Waals surface area contributed by atoms with Gasteiger partial charge in [-0.25, -0.2) is 0 Å². The first-order valence-electron chi connectivity index (χ1n) is 9.17. The number of alkyl halides is 3. The number of hydrogen-bond donors (Lipinski definition) is 2. The number of ketones is 1. The lowest BCUT2D eigenvalue weighted by molar-refractivity contribution is -0.274. The van der Waals surface area contributed by atoms with Gasteiger partial charge in [-0.15, -0.1) is 24.5 Å². The number of nitrogens with zero attached hydrogens (tertiary/aromatic N) is 1. The van der Waals surface area contributed by atoms with Crippen LogP contribution in [0, 0.1) is 0 Å². The molecular weight excluding hydrogens is 437 g/mol. The molecule has 168 valence electrons. The number of anilines is 1. The number of amides is 1. The Labute approximate surface area is 180 Å². The van der Waals surface area contributed by atoms with Crippen LogP contribution >= 0.6 is 11.3 Å². The number of carbonyl (C=O) groups excluding carboxylic acids is 2. The molecule has 2 N–H and O–H groups in total. The third-order valence-electron chi connectivity index (χ3n) is 4.39. The zero-order chi connectivity index (χ0) is 23.3. The summed E-state index contributed by atoms with van der Waals surface area (Å²) in [5.41, 5.74) is 0.329. The highest BCUT2D eigenvalue weighted by Crippen LogP contribution is 2.31. The molecule has 0 fully saturated rings. The Kier molecular flexibility index (Phi) is 7.80. The van der Waals surface area contributed by atoms with Crippen LogP contribution in [0.5, 0.6) is 5.75 Å². The van der Waals surface area contributed by atoms with Gasteiger partial charge in [0.25, 0.3) is 0 Å². The molecule has 0 radical (unpaired) electrons. The lowest BCUT2D eigenvalue weighted by atomic mass is 10.0. The number of ether oxygens (including phenoxy) is 1. The molecule has 0 saturated carbocycles. The van der Waals surface area contributed by atoms with Gasteiger partial charge in [-0.05, 0) is 50.7 Å². The van der Waals surface area contributed by atoms with Crippen molar-refractivity contribution in [1.29, 1.82) is 0 Å². The molecule has 1 heterocycles. The highest BCUT2D eigenvalue weighted by Gasteiger charge is 2.31. The van der Waals surface area contributed by atoms with Crippen molar-refractivity contribution >= 4 is 34.0 Å². The van der Waals surface area contributed by atoms with E-state index >= 15 is 0 Å². The van der Waals surface area contributed by atoms with E-state index < -0.39 is 35.8 Å². The predicted molar refractivity (Wildman–Crippen MR) is 109 cm³/mol. The smallest absolute Gasteiger partial charge is 0.480 e. The molecule has 0 aliphatic rings. The number of carbonyl (C=O) groups is 3. The highest BCUT2D eigenvalue weighted by atomic mass is 32.1. The second-order valence-electron chi connectivity index (χ2n) is 6.69. The first kappa shape index (κ1) is 24.4. The van der Waals surface area contributed by atoms with Crippen LogP contribution in [0.15, 0.2) is 30.3 Å². The number of thiophene rings is 1. The molecule has 2 aromatic rings. The molecule has 2 rings (SSSR count). The molecule has 0 saturated heterocycles. The Morgan fingerprint density at radius 1 is 1.23 bits per heavy atom. The van der Waals surface area contributed by atoms with Gasteiger partial charge in [-0.1, -0.05) is 6.92 Å². The number of benzene rings is 1. The van der Waals surface area contributed by atoms with Crippen molar-refractivity contribution in [3.8, 4) is 5.75 Å². The number of carboxylic acid groups (broad SMARTS) is 1. The fourth-order valence-corrected chi connectivity index (χ4v) is 3.57. The maximum absolute atomic E-state index is 12.9. The molecule has 0 aliphatic heterocycles. The van der Waals surface area contributed by atoms with Gasteiger partial charge in [-0.3, -0.25) is 19.3 Å². The summed E-state index contributed by atoms with van der Waals surface area (Å²) in [7, 11) is 1.49. The average Bonchev–Trinajstić information content (AvgIpc) is 3.08. The molecule has 0 aliphatic carbocycles. The number of hydrogen-bond acceptors (Lipinski definition) is 6. The van der Waals surface area contributed by atoms with Gasteiger partial charge < -0.3 is 15.2 Å². The van der Waals surface area contributed by atoms with E-state index in [1.165, 1.54) is 42.3 Å². The largest absolute Gasteiger partial charge is 0.573 e. The zero-order valence-corrected chi connectivity index (χ0v) is 17.8. The molecule has 1 amide bonds. The lowest BCUT2D eigenvalue weighted by Gasteiger charge is -2.20. The van der Waals surface area contributed by atoms with Gasteiger partial charge in [0.2, 0.25) is 5.91 Å². The van der Waals surface area contributed by atoms with Crippen LogP contribution in [0.4, 0.5) is 18.2 Å². The van der Waals surface area contributed by atoms with Crippen molar-refractivity contribution in [2.24, 2.45) is 0 Å². The van der Waals surface area contributed by atoms with Crippen LogP contribution in [-0.4, -0.2) is 53.7 Å². The molecule has 1 unspecified atom stereocenters. The first-order valence-corrected chi connectivity index (χ1v) is 9.99. The second-order valence-corrected chi connectivity index (χ2v) is 7.82. The maximum Gasteiger partial charge on any atom is 0.573 e. The molecule has 1 aromatic heterocycles. The predicted octanol–water partition coefficient (Wildman–Crippen LogP) is 3.78. The average molecular weight is 458 g/mol. The van der Waals surface area contributed by atoms with E-state index in [2.05, 4.69) is 10.1 Å². The molecule has 0 spiro atoms. The van der Waals surface area contributed by atoms with E-state index in [-0.39, 0.29) is 17.7 Å². The first-order chi connectivity index (χ1) is 14.4. The Bertz CT molecular complexity index is 957. The van der Waals surface area contributed by atoms with Gasteiger partial charge in [0, 0.05) is 10.4 Å². The molecular formula is C20H21F3N2O5S. The molecule has 1 aromatic carbocycles. The number of aryl methyl sites for hydroxylation is 1. The van der Waals surface area contributed by atoms with Crippen LogP contribution in [0.2, 0.25) is 0 Å². The summed E-state index contributed by atoms with van der Waals surface area (Å²) in [6, 6.07) is 5.23. The zero-order valence-electron chi connectivity index (χ0n) is 16.9. The Morgan fingerprint density at radius 2 is 1.84 bits per heavy atom. The fraction of sp³-hybridized carbons (Fsp3) is 0.350. The van der Waals surface area contributed by atoms with Crippen molar-refractivity contribution in [2.45, 2.75) is 32.7 Å². The molecule has 31 heavy (non-hydrogen) atoms. The Balaban J connectivity index is 2.20. The van der Waals surface area contributed by atoms with E-state index in [1.807, 2.05) is 6.92 Å². The van der Waals surface area contributed by atoms with Crippen molar-refractivity contribution in [2.75, 3.05) is 18.9 Å².